The maximum absolute atomic E-state index is 2.41. The fourth-order valence-corrected chi connectivity index (χ4v) is 7.35. The Labute approximate surface area is 320 Å². The summed E-state index contributed by atoms with van der Waals surface area (Å²) in [6, 6.07) is 74.9. The molecule has 0 aromatic heterocycles. The van der Waals surface area contributed by atoms with Crippen molar-refractivity contribution in [3.05, 3.63) is 240 Å². The van der Waals surface area contributed by atoms with Gasteiger partial charge in [-0.25, -0.2) is 0 Å². The molecule has 0 N–H and O–H groups in total. The molecule has 0 aliphatic carbocycles. The second kappa shape index (κ2) is 15.9. The van der Waals surface area contributed by atoms with Gasteiger partial charge < -0.3 is 9.80 Å². The Morgan fingerprint density at radius 1 is 0.278 bits per heavy atom. The lowest BCUT2D eigenvalue weighted by Gasteiger charge is -2.31. The van der Waals surface area contributed by atoms with Crippen molar-refractivity contribution in [3.8, 4) is 11.1 Å². The Kier molecular flexibility index (Phi) is 10.2. The Morgan fingerprint density at radius 2 is 0.648 bits per heavy atom. The monoisotopic (exact) mass is 696 g/mol. The molecule has 2 heteroatoms. The van der Waals surface area contributed by atoms with Gasteiger partial charge in [-0.05, 0) is 138 Å². The largest absolute Gasteiger partial charge is 0.310 e. The average molecular weight is 697 g/mol. The Balaban J connectivity index is 1.32. The highest BCUT2D eigenvalue weighted by Gasteiger charge is 2.20. The van der Waals surface area contributed by atoms with E-state index in [-0.39, 0.29) is 0 Å². The topological polar surface area (TPSA) is 6.48 Å². The van der Waals surface area contributed by atoms with E-state index in [4.69, 9.17) is 0 Å². The van der Waals surface area contributed by atoms with Gasteiger partial charge >= 0.3 is 0 Å². The fraction of sp³-hybridized carbons (Fsp3) is 0.0769. The van der Waals surface area contributed by atoms with E-state index in [1.807, 2.05) is 0 Å². The number of aryl methyl sites for hydroxylation is 2. The van der Waals surface area contributed by atoms with Crippen LogP contribution in [0, 0.1) is 13.8 Å². The fourth-order valence-electron chi connectivity index (χ4n) is 7.35. The van der Waals surface area contributed by atoms with E-state index in [2.05, 4.69) is 230 Å². The average Bonchev–Trinajstić information content (AvgIpc) is 3.20. The van der Waals surface area contributed by atoms with Gasteiger partial charge in [-0.15, -0.1) is 0 Å². The zero-order chi connectivity index (χ0) is 36.7. The summed E-state index contributed by atoms with van der Waals surface area (Å²) >= 11 is 0. The molecule has 2 nitrogen and oxygen atoms in total. The standard InChI is InChI=1S/C52H44N2/c1-39-16-12-26-47(30-39)53(49-28-14-22-43(34-49)32-41-18-6-3-7-19-41)51-36-46(45-24-10-5-11-25-45)37-52(38-51)54(48-27-13-17-40(2)31-48)50-29-15-23-44(35-50)33-42-20-8-4-9-21-42/h3-31,34-38H,32-33H2,1-2H3. The van der Waals surface area contributed by atoms with Gasteiger partial charge in [0.1, 0.15) is 0 Å². The summed E-state index contributed by atoms with van der Waals surface area (Å²) in [4.78, 5) is 4.83. The van der Waals surface area contributed by atoms with Crippen molar-refractivity contribution in [2.75, 3.05) is 9.80 Å². The predicted octanol–water partition coefficient (Wildman–Crippen LogP) is 14.1. The minimum absolute atomic E-state index is 0.867. The molecule has 0 radical (unpaired) electrons. The van der Waals surface area contributed by atoms with E-state index in [1.54, 1.807) is 0 Å². The SMILES string of the molecule is Cc1cccc(N(c2cccc(Cc3ccccc3)c2)c2cc(-c3ccccc3)cc(N(c3cccc(C)c3)c3cccc(Cc4ccccc4)c3)c2)c1. The van der Waals surface area contributed by atoms with Crippen molar-refractivity contribution < 1.29 is 0 Å². The van der Waals surface area contributed by atoms with Crippen LogP contribution in [-0.2, 0) is 12.8 Å². The summed E-state index contributed by atoms with van der Waals surface area (Å²) in [7, 11) is 0. The highest BCUT2D eigenvalue weighted by Crippen LogP contribution is 2.44. The Morgan fingerprint density at radius 3 is 1.07 bits per heavy atom. The Hall–Kier alpha value is -6.64. The summed E-state index contributed by atoms with van der Waals surface area (Å²) in [6.07, 6.45) is 1.73. The van der Waals surface area contributed by atoms with Crippen LogP contribution in [0.4, 0.5) is 34.1 Å². The van der Waals surface area contributed by atoms with Crippen LogP contribution in [-0.4, -0.2) is 0 Å². The van der Waals surface area contributed by atoms with Gasteiger partial charge in [-0.3, -0.25) is 0 Å². The number of anilines is 6. The lowest BCUT2D eigenvalue weighted by Crippen LogP contribution is -2.14. The highest BCUT2D eigenvalue weighted by molar-refractivity contribution is 5.87. The summed E-state index contributed by atoms with van der Waals surface area (Å²) in [6.45, 7) is 4.34. The van der Waals surface area contributed by atoms with Crippen LogP contribution < -0.4 is 9.80 Å². The minimum atomic E-state index is 0.867. The third-order valence-electron chi connectivity index (χ3n) is 9.89. The third kappa shape index (κ3) is 8.04. The third-order valence-corrected chi connectivity index (χ3v) is 9.89. The molecule has 54 heavy (non-hydrogen) atoms. The zero-order valence-corrected chi connectivity index (χ0v) is 30.9. The molecule has 0 amide bonds. The zero-order valence-electron chi connectivity index (χ0n) is 30.9. The molecular formula is C52H44N2. The number of rotatable bonds is 11. The molecule has 0 saturated carbocycles. The second-order valence-corrected chi connectivity index (χ2v) is 14.1. The van der Waals surface area contributed by atoms with E-state index in [1.165, 1.54) is 38.9 Å². The molecule has 8 aromatic rings. The molecule has 0 fully saturated rings. The smallest absolute Gasteiger partial charge is 0.0488 e. The first kappa shape index (κ1) is 34.4. The van der Waals surface area contributed by atoms with Crippen LogP contribution in [0.15, 0.2) is 206 Å². The van der Waals surface area contributed by atoms with Crippen LogP contribution in [0.2, 0.25) is 0 Å². The van der Waals surface area contributed by atoms with E-state index >= 15 is 0 Å². The number of hydrogen-bond acceptors (Lipinski definition) is 2. The molecule has 0 heterocycles. The van der Waals surface area contributed by atoms with Gasteiger partial charge in [0, 0.05) is 34.1 Å². The van der Waals surface area contributed by atoms with E-state index in [0.717, 1.165) is 52.5 Å². The molecule has 0 spiro atoms. The van der Waals surface area contributed by atoms with E-state index < -0.39 is 0 Å². The summed E-state index contributed by atoms with van der Waals surface area (Å²) in [5.74, 6) is 0. The first-order chi connectivity index (χ1) is 26.6. The molecule has 8 rings (SSSR count). The molecule has 0 aliphatic rings. The van der Waals surface area contributed by atoms with Crippen LogP contribution in [0.3, 0.4) is 0 Å². The molecule has 0 saturated heterocycles. The second-order valence-electron chi connectivity index (χ2n) is 14.1. The first-order valence-corrected chi connectivity index (χ1v) is 18.8. The predicted molar refractivity (Wildman–Crippen MR) is 229 cm³/mol. The number of hydrogen-bond donors (Lipinski definition) is 0. The maximum Gasteiger partial charge on any atom is 0.0488 e. The lowest BCUT2D eigenvalue weighted by molar-refractivity contribution is 1.17. The molecule has 262 valence electrons. The molecular weight excluding hydrogens is 653 g/mol. The van der Waals surface area contributed by atoms with Crippen LogP contribution in [0.25, 0.3) is 11.1 Å². The quantitative estimate of drug-likeness (QED) is 0.133. The minimum Gasteiger partial charge on any atom is -0.310 e. The van der Waals surface area contributed by atoms with E-state index in [0.29, 0.717) is 0 Å². The van der Waals surface area contributed by atoms with Crippen LogP contribution in [0.5, 0.6) is 0 Å². The van der Waals surface area contributed by atoms with Crippen LogP contribution in [0.1, 0.15) is 33.4 Å². The van der Waals surface area contributed by atoms with Crippen molar-refractivity contribution in [3.63, 3.8) is 0 Å². The lowest BCUT2D eigenvalue weighted by atomic mass is 10.0. The van der Waals surface area contributed by atoms with Gasteiger partial charge in [-0.1, -0.05) is 140 Å². The van der Waals surface area contributed by atoms with Crippen LogP contribution >= 0.6 is 0 Å². The van der Waals surface area contributed by atoms with Gasteiger partial charge in [0.2, 0.25) is 0 Å². The van der Waals surface area contributed by atoms with Gasteiger partial charge in [0.15, 0.2) is 0 Å². The first-order valence-electron chi connectivity index (χ1n) is 18.8. The van der Waals surface area contributed by atoms with Gasteiger partial charge in [-0.2, -0.15) is 0 Å². The summed E-state index contributed by atoms with van der Waals surface area (Å²) < 4.78 is 0. The van der Waals surface area contributed by atoms with Crippen molar-refractivity contribution in [2.24, 2.45) is 0 Å². The maximum atomic E-state index is 2.41. The van der Waals surface area contributed by atoms with Gasteiger partial charge in [0.25, 0.3) is 0 Å². The molecule has 0 atom stereocenters. The van der Waals surface area contributed by atoms with Crippen molar-refractivity contribution in [1.82, 2.24) is 0 Å². The molecule has 0 unspecified atom stereocenters. The number of benzene rings is 8. The number of nitrogens with zero attached hydrogens (tertiary/aromatic N) is 2. The molecule has 0 aliphatic heterocycles. The van der Waals surface area contributed by atoms with Crippen molar-refractivity contribution in [1.29, 1.82) is 0 Å². The normalized spacial score (nSPS) is 10.9. The molecule has 8 aromatic carbocycles. The molecule has 0 bridgehead atoms. The van der Waals surface area contributed by atoms with Crippen molar-refractivity contribution >= 4 is 34.1 Å². The highest BCUT2D eigenvalue weighted by atomic mass is 15.2. The van der Waals surface area contributed by atoms with E-state index in [9.17, 15) is 0 Å². The summed E-state index contributed by atoms with van der Waals surface area (Å²) in [5, 5.41) is 0. The Bertz CT molecular complexity index is 2320. The van der Waals surface area contributed by atoms with Crippen molar-refractivity contribution in [2.45, 2.75) is 26.7 Å². The summed E-state index contributed by atoms with van der Waals surface area (Å²) in [5.41, 5.74) is 16.6. The van der Waals surface area contributed by atoms with Gasteiger partial charge in [0.05, 0.1) is 0 Å².